The van der Waals surface area contributed by atoms with Crippen LogP contribution in [0.1, 0.15) is 38.5 Å². The summed E-state index contributed by atoms with van der Waals surface area (Å²) in [5.41, 5.74) is 5.46. The van der Waals surface area contributed by atoms with Gasteiger partial charge in [0.1, 0.15) is 0 Å². The molecule has 2 N–H and O–H groups in total. The number of likely N-dealkylation sites (tertiary alicyclic amines) is 1. The van der Waals surface area contributed by atoms with Crippen molar-refractivity contribution in [2.45, 2.75) is 50.6 Å². The second-order valence-corrected chi connectivity index (χ2v) is 4.58. The number of primary amides is 1. The molecule has 84 valence electrons. The second kappa shape index (κ2) is 4.79. The molecule has 1 aliphatic carbocycles. The maximum absolute atomic E-state index is 11.4. The Bertz CT molecular complexity index is 262. The van der Waals surface area contributed by atoms with Crippen LogP contribution < -0.4 is 5.73 Å². The highest BCUT2D eigenvalue weighted by molar-refractivity contribution is 5.80. The first-order valence-corrected chi connectivity index (χ1v) is 6.01. The molecule has 0 bridgehead atoms. The minimum absolute atomic E-state index is 0.0218. The number of carbonyl (C=O) groups excluding carboxylic acids is 1. The van der Waals surface area contributed by atoms with Gasteiger partial charge >= 0.3 is 0 Å². The first-order valence-electron chi connectivity index (χ1n) is 6.01. The van der Waals surface area contributed by atoms with Crippen molar-refractivity contribution in [3.05, 3.63) is 12.2 Å². The third kappa shape index (κ3) is 2.40. The van der Waals surface area contributed by atoms with Crippen molar-refractivity contribution in [2.75, 3.05) is 6.54 Å². The number of piperidine rings is 1. The average molecular weight is 208 g/mol. The molecule has 3 nitrogen and oxygen atoms in total. The molecule has 0 aromatic heterocycles. The van der Waals surface area contributed by atoms with Gasteiger partial charge in [-0.15, -0.1) is 0 Å². The quantitative estimate of drug-likeness (QED) is 0.698. The highest BCUT2D eigenvalue weighted by atomic mass is 16.1. The van der Waals surface area contributed by atoms with Crippen LogP contribution in [0.4, 0.5) is 0 Å². The van der Waals surface area contributed by atoms with Crippen molar-refractivity contribution in [1.29, 1.82) is 0 Å². The zero-order chi connectivity index (χ0) is 10.7. The number of amides is 1. The summed E-state index contributed by atoms with van der Waals surface area (Å²) < 4.78 is 0. The minimum atomic E-state index is -0.145. The van der Waals surface area contributed by atoms with Crippen LogP contribution in [0, 0.1) is 0 Å². The van der Waals surface area contributed by atoms with E-state index in [2.05, 4.69) is 17.1 Å². The second-order valence-electron chi connectivity index (χ2n) is 4.58. The van der Waals surface area contributed by atoms with Gasteiger partial charge in [-0.2, -0.15) is 0 Å². The van der Waals surface area contributed by atoms with E-state index in [4.69, 9.17) is 5.73 Å². The van der Waals surface area contributed by atoms with Crippen molar-refractivity contribution in [2.24, 2.45) is 5.73 Å². The van der Waals surface area contributed by atoms with E-state index in [0.29, 0.717) is 6.04 Å². The highest BCUT2D eigenvalue weighted by Crippen LogP contribution is 2.24. The van der Waals surface area contributed by atoms with Crippen LogP contribution in [-0.4, -0.2) is 29.4 Å². The zero-order valence-electron chi connectivity index (χ0n) is 9.19. The molecule has 1 saturated heterocycles. The van der Waals surface area contributed by atoms with Gasteiger partial charge in [0.25, 0.3) is 0 Å². The zero-order valence-corrected chi connectivity index (χ0v) is 9.19. The van der Waals surface area contributed by atoms with Crippen LogP contribution in [0.3, 0.4) is 0 Å². The van der Waals surface area contributed by atoms with Crippen LogP contribution in [0.2, 0.25) is 0 Å². The summed E-state index contributed by atoms with van der Waals surface area (Å²) in [6.07, 6.45) is 11.4. The van der Waals surface area contributed by atoms with E-state index >= 15 is 0 Å². The summed E-state index contributed by atoms with van der Waals surface area (Å²) in [6, 6.07) is 0.433. The van der Waals surface area contributed by atoms with Crippen molar-refractivity contribution < 1.29 is 4.79 Å². The normalized spacial score (nSPS) is 32.8. The molecule has 1 fully saturated rings. The Morgan fingerprint density at radius 1 is 1.27 bits per heavy atom. The van der Waals surface area contributed by atoms with Gasteiger partial charge in [0.2, 0.25) is 5.91 Å². The third-order valence-electron chi connectivity index (χ3n) is 3.53. The van der Waals surface area contributed by atoms with Crippen LogP contribution in [-0.2, 0) is 4.79 Å². The standard InChI is InChI=1S/C12H20N2O/c13-12(15)11-8-4-5-9-14(11)10-6-2-1-3-7-10/h2,6,10-11H,1,3-5,7-9H2,(H2,13,15)/t10-,11-/m0/s1. The average Bonchev–Trinajstić information content (AvgIpc) is 2.30. The molecular weight excluding hydrogens is 188 g/mol. The molecule has 0 aromatic carbocycles. The summed E-state index contributed by atoms with van der Waals surface area (Å²) >= 11 is 0. The van der Waals surface area contributed by atoms with Gasteiger partial charge in [0, 0.05) is 6.04 Å². The molecule has 2 aliphatic rings. The molecule has 1 aliphatic heterocycles. The largest absolute Gasteiger partial charge is 0.368 e. The van der Waals surface area contributed by atoms with Crippen molar-refractivity contribution in [3.63, 3.8) is 0 Å². The predicted octanol–water partition coefficient (Wildman–Crippen LogP) is 1.43. The summed E-state index contributed by atoms with van der Waals surface area (Å²) in [7, 11) is 0. The lowest BCUT2D eigenvalue weighted by Gasteiger charge is -2.39. The van der Waals surface area contributed by atoms with Crippen LogP contribution in [0.15, 0.2) is 12.2 Å². The lowest BCUT2D eigenvalue weighted by molar-refractivity contribution is -0.125. The summed E-state index contributed by atoms with van der Waals surface area (Å²) in [5.74, 6) is -0.145. The van der Waals surface area contributed by atoms with Gasteiger partial charge in [-0.1, -0.05) is 18.6 Å². The van der Waals surface area contributed by atoms with Gasteiger partial charge < -0.3 is 5.73 Å². The Kier molecular flexibility index (Phi) is 3.41. The molecule has 0 spiro atoms. The molecule has 1 heterocycles. The van der Waals surface area contributed by atoms with Crippen LogP contribution in [0.5, 0.6) is 0 Å². The fourth-order valence-corrected chi connectivity index (χ4v) is 2.73. The Labute approximate surface area is 91.3 Å². The Morgan fingerprint density at radius 2 is 2.13 bits per heavy atom. The number of carbonyl (C=O) groups is 1. The van der Waals surface area contributed by atoms with E-state index in [1.54, 1.807) is 0 Å². The van der Waals surface area contributed by atoms with Gasteiger partial charge in [-0.25, -0.2) is 0 Å². The van der Waals surface area contributed by atoms with Crippen LogP contribution >= 0.6 is 0 Å². The number of nitrogens with two attached hydrogens (primary N) is 1. The van der Waals surface area contributed by atoms with E-state index in [9.17, 15) is 4.79 Å². The predicted molar refractivity (Wildman–Crippen MR) is 60.3 cm³/mol. The molecular formula is C12H20N2O. The molecule has 3 heteroatoms. The van der Waals surface area contributed by atoms with E-state index in [1.807, 2.05) is 0 Å². The van der Waals surface area contributed by atoms with E-state index in [0.717, 1.165) is 19.4 Å². The number of allylic oxidation sites excluding steroid dienone is 1. The highest BCUT2D eigenvalue weighted by Gasteiger charge is 2.31. The van der Waals surface area contributed by atoms with Crippen LogP contribution in [0.25, 0.3) is 0 Å². The fraction of sp³-hybridized carbons (Fsp3) is 0.750. The lowest BCUT2D eigenvalue weighted by Crippen LogP contribution is -2.52. The first kappa shape index (κ1) is 10.7. The number of nitrogens with zero attached hydrogens (tertiary/aromatic N) is 1. The molecule has 1 amide bonds. The maximum Gasteiger partial charge on any atom is 0.234 e. The first-order chi connectivity index (χ1) is 7.29. The van der Waals surface area contributed by atoms with Gasteiger partial charge in [-0.3, -0.25) is 9.69 Å². The van der Waals surface area contributed by atoms with E-state index in [-0.39, 0.29) is 11.9 Å². The lowest BCUT2D eigenvalue weighted by atomic mass is 9.94. The number of rotatable bonds is 2. The van der Waals surface area contributed by atoms with E-state index < -0.39 is 0 Å². The van der Waals surface area contributed by atoms with Gasteiger partial charge in [0.15, 0.2) is 0 Å². The topological polar surface area (TPSA) is 46.3 Å². The third-order valence-corrected chi connectivity index (χ3v) is 3.53. The fourth-order valence-electron chi connectivity index (χ4n) is 2.73. The van der Waals surface area contributed by atoms with Gasteiger partial charge in [-0.05, 0) is 38.6 Å². The Hall–Kier alpha value is -0.830. The Balaban J connectivity index is 2.06. The summed E-state index contributed by atoms with van der Waals surface area (Å²) in [5, 5.41) is 0. The smallest absolute Gasteiger partial charge is 0.234 e. The van der Waals surface area contributed by atoms with Crippen molar-refractivity contribution >= 4 is 5.91 Å². The van der Waals surface area contributed by atoms with Gasteiger partial charge in [0.05, 0.1) is 6.04 Å². The summed E-state index contributed by atoms with van der Waals surface area (Å²) in [4.78, 5) is 13.7. The SMILES string of the molecule is NC(=O)[C@@H]1CCCCN1[C@H]1C=CCCC1. The molecule has 0 saturated carbocycles. The van der Waals surface area contributed by atoms with Crippen molar-refractivity contribution in [1.82, 2.24) is 4.90 Å². The maximum atomic E-state index is 11.4. The monoisotopic (exact) mass is 208 g/mol. The van der Waals surface area contributed by atoms with E-state index in [1.165, 1.54) is 25.7 Å². The number of hydrogen-bond acceptors (Lipinski definition) is 2. The molecule has 0 unspecified atom stereocenters. The Morgan fingerprint density at radius 3 is 2.80 bits per heavy atom. The molecule has 2 rings (SSSR count). The molecule has 15 heavy (non-hydrogen) atoms. The molecule has 0 aromatic rings. The molecule has 2 atom stereocenters. The number of hydrogen-bond donors (Lipinski definition) is 1. The van der Waals surface area contributed by atoms with Crippen molar-refractivity contribution in [3.8, 4) is 0 Å². The minimum Gasteiger partial charge on any atom is -0.368 e. The summed E-state index contributed by atoms with van der Waals surface area (Å²) in [6.45, 7) is 1.03. The molecule has 0 radical (unpaired) electrons.